The number of anilines is 1. The van der Waals surface area contributed by atoms with E-state index in [2.05, 4.69) is 12.2 Å². The first-order valence-corrected chi connectivity index (χ1v) is 7.52. The van der Waals surface area contributed by atoms with Crippen molar-refractivity contribution in [1.29, 1.82) is 0 Å². The smallest absolute Gasteiger partial charge is 0.141 e. The van der Waals surface area contributed by atoms with Gasteiger partial charge in [0.05, 0.1) is 12.8 Å². The number of methoxy groups -OCH3 is 1. The molecule has 0 spiro atoms. The molecule has 0 aromatic heterocycles. The highest BCUT2D eigenvalue weighted by Crippen LogP contribution is 2.22. The molecule has 0 aliphatic rings. The summed E-state index contributed by atoms with van der Waals surface area (Å²) in [7, 11) is 1.62. The van der Waals surface area contributed by atoms with E-state index >= 15 is 0 Å². The summed E-state index contributed by atoms with van der Waals surface area (Å²) in [4.78, 5) is 0. The maximum atomic E-state index is 9.26. The minimum atomic E-state index is 0.308. The molecule has 2 aromatic rings. The molecule has 1 atom stereocenters. The van der Waals surface area contributed by atoms with Crippen LogP contribution in [0.1, 0.15) is 18.1 Å². The standard InChI is InChI=1S/C18H24N2O2/c1-13(11-15-5-8-18(22-2)17(19)12-15)20-10-9-14-3-6-16(21)7-4-14/h3-8,12-13,20-21H,9-11,19H2,1-2H3. The normalized spacial score (nSPS) is 12.1. The maximum absolute atomic E-state index is 9.26. The van der Waals surface area contributed by atoms with Crippen molar-refractivity contribution in [3.63, 3.8) is 0 Å². The van der Waals surface area contributed by atoms with Gasteiger partial charge in [-0.2, -0.15) is 0 Å². The van der Waals surface area contributed by atoms with Crippen LogP contribution in [0.2, 0.25) is 0 Å². The first-order valence-electron chi connectivity index (χ1n) is 7.52. The van der Waals surface area contributed by atoms with E-state index in [0.717, 1.165) is 25.1 Å². The van der Waals surface area contributed by atoms with Crippen LogP contribution in [0.25, 0.3) is 0 Å². The third-order valence-corrected chi connectivity index (χ3v) is 3.68. The fraction of sp³-hybridized carbons (Fsp3) is 0.333. The Bertz CT molecular complexity index is 597. The number of nitrogens with two attached hydrogens (primary N) is 1. The Morgan fingerprint density at radius 2 is 1.82 bits per heavy atom. The summed E-state index contributed by atoms with van der Waals surface area (Å²) in [6.07, 6.45) is 1.86. The third-order valence-electron chi connectivity index (χ3n) is 3.68. The monoisotopic (exact) mass is 300 g/mol. The summed E-state index contributed by atoms with van der Waals surface area (Å²) in [6, 6.07) is 13.6. The van der Waals surface area contributed by atoms with E-state index in [9.17, 15) is 5.11 Å². The van der Waals surface area contributed by atoms with Gasteiger partial charge in [-0.05, 0) is 61.7 Å². The van der Waals surface area contributed by atoms with Gasteiger partial charge in [0.25, 0.3) is 0 Å². The Kier molecular flexibility index (Phi) is 5.67. The number of aromatic hydroxyl groups is 1. The van der Waals surface area contributed by atoms with Crippen LogP contribution >= 0.6 is 0 Å². The second-order valence-corrected chi connectivity index (χ2v) is 5.55. The van der Waals surface area contributed by atoms with Gasteiger partial charge in [-0.1, -0.05) is 18.2 Å². The van der Waals surface area contributed by atoms with Crippen molar-refractivity contribution in [2.75, 3.05) is 19.4 Å². The lowest BCUT2D eigenvalue weighted by molar-refractivity contribution is 0.416. The third kappa shape index (κ3) is 4.67. The minimum Gasteiger partial charge on any atom is -0.508 e. The van der Waals surface area contributed by atoms with Crippen LogP contribution in [0.3, 0.4) is 0 Å². The number of phenols is 1. The second kappa shape index (κ2) is 7.71. The highest BCUT2D eigenvalue weighted by atomic mass is 16.5. The van der Waals surface area contributed by atoms with E-state index in [0.29, 0.717) is 17.5 Å². The molecule has 0 aliphatic carbocycles. The summed E-state index contributed by atoms with van der Waals surface area (Å²) in [6.45, 7) is 3.06. The highest BCUT2D eigenvalue weighted by molar-refractivity contribution is 5.54. The minimum absolute atomic E-state index is 0.308. The van der Waals surface area contributed by atoms with Gasteiger partial charge in [0, 0.05) is 6.04 Å². The van der Waals surface area contributed by atoms with Crippen LogP contribution in [0.4, 0.5) is 5.69 Å². The Hall–Kier alpha value is -2.20. The van der Waals surface area contributed by atoms with E-state index in [1.54, 1.807) is 19.2 Å². The molecule has 0 amide bonds. The predicted octanol–water partition coefficient (Wildman–Crippen LogP) is 2.75. The molecule has 0 saturated heterocycles. The zero-order chi connectivity index (χ0) is 15.9. The molecule has 4 nitrogen and oxygen atoms in total. The summed E-state index contributed by atoms with van der Waals surface area (Å²) in [5, 5.41) is 12.8. The summed E-state index contributed by atoms with van der Waals surface area (Å²) in [5.74, 6) is 1.03. The largest absolute Gasteiger partial charge is 0.508 e. The van der Waals surface area contributed by atoms with Gasteiger partial charge in [-0.3, -0.25) is 0 Å². The molecule has 22 heavy (non-hydrogen) atoms. The van der Waals surface area contributed by atoms with Crippen LogP contribution in [0, 0.1) is 0 Å². The molecule has 0 fully saturated rings. The maximum Gasteiger partial charge on any atom is 0.141 e. The molecule has 4 N–H and O–H groups in total. The van der Waals surface area contributed by atoms with E-state index in [1.165, 1.54) is 11.1 Å². The highest BCUT2D eigenvalue weighted by Gasteiger charge is 2.06. The summed E-state index contributed by atoms with van der Waals surface area (Å²) >= 11 is 0. The van der Waals surface area contributed by atoms with Gasteiger partial charge < -0.3 is 20.9 Å². The molecule has 0 radical (unpaired) electrons. The zero-order valence-electron chi connectivity index (χ0n) is 13.2. The molecule has 1 unspecified atom stereocenters. The summed E-state index contributed by atoms with van der Waals surface area (Å²) < 4.78 is 5.17. The van der Waals surface area contributed by atoms with Gasteiger partial charge in [0.1, 0.15) is 11.5 Å². The number of rotatable bonds is 7. The molecule has 4 heteroatoms. The molecule has 0 saturated carbocycles. The molecule has 2 rings (SSSR count). The van der Waals surface area contributed by atoms with Gasteiger partial charge in [-0.25, -0.2) is 0 Å². The van der Waals surface area contributed by atoms with Gasteiger partial charge in [0.2, 0.25) is 0 Å². The lowest BCUT2D eigenvalue weighted by Crippen LogP contribution is -2.30. The van der Waals surface area contributed by atoms with Crippen LogP contribution < -0.4 is 15.8 Å². The van der Waals surface area contributed by atoms with Crippen LogP contribution in [-0.2, 0) is 12.8 Å². The number of benzene rings is 2. The van der Waals surface area contributed by atoms with E-state index < -0.39 is 0 Å². The van der Waals surface area contributed by atoms with Crippen LogP contribution in [0.5, 0.6) is 11.5 Å². The van der Waals surface area contributed by atoms with Crippen molar-refractivity contribution in [2.24, 2.45) is 0 Å². The van der Waals surface area contributed by atoms with Crippen molar-refractivity contribution >= 4 is 5.69 Å². The van der Waals surface area contributed by atoms with Crippen molar-refractivity contribution in [3.05, 3.63) is 53.6 Å². The molecule has 118 valence electrons. The predicted molar refractivity (Wildman–Crippen MR) is 90.4 cm³/mol. The van der Waals surface area contributed by atoms with Gasteiger partial charge in [-0.15, -0.1) is 0 Å². The lowest BCUT2D eigenvalue weighted by Gasteiger charge is -2.15. The topological polar surface area (TPSA) is 67.5 Å². The van der Waals surface area contributed by atoms with Gasteiger partial charge in [0.15, 0.2) is 0 Å². The summed E-state index contributed by atoms with van der Waals surface area (Å²) in [5.41, 5.74) is 9.02. The Morgan fingerprint density at radius 1 is 1.14 bits per heavy atom. The van der Waals surface area contributed by atoms with E-state index in [4.69, 9.17) is 10.5 Å². The zero-order valence-corrected chi connectivity index (χ0v) is 13.2. The fourth-order valence-electron chi connectivity index (χ4n) is 2.46. The Morgan fingerprint density at radius 3 is 2.45 bits per heavy atom. The van der Waals surface area contributed by atoms with Crippen LogP contribution in [-0.4, -0.2) is 24.8 Å². The quantitative estimate of drug-likeness (QED) is 0.688. The van der Waals surface area contributed by atoms with Gasteiger partial charge >= 0.3 is 0 Å². The number of ether oxygens (including phenoxy) is 1. The van der Waals surface area contributed by atoms with E-state index in [1.807, 2.05) is 30.3 Å². The number of nitrogens with one attached hydrogen (secondary N) is 1. The molecule has 0 aliphatic heterocycles. The molecule has 0 bridgehead atoms. The Labute approximate surface area is 131 Å². The fourth-order valence-corrected chi connectivity index (χ4v) is 2.46. The average molecular weight is 300 g/mol. The first kappa shape index (κ1) is 16.2. The molecule has 0 heterocycles. The molecule has 2 aromatic carbocycles. The number of nitrogen functional groups attached to an aromatic ring is 1. The SMILES string of the molecule is COc1ccc(CC(C)NCCc2ccc(O)cc2)cc1N. The average Bonchev–Trinajstić information content (AvgIpc) is 2.49. The first-order chi connectivity index (χ1) is 10.6. The van der Waals surface area contributed by atoms with Crippen molar-refractivity contribution < 1.29 is 9.84 Å². The molecular formula is C18H24N2O2. The van der Waals surface area contributed by atoms with E-state index in [-0.39, 0.29) is 0 Å². The second-order valence-electron chi connectivity index (χ2n) is 5.55. The number of hydrogen-bond donors (Lipinski definition) is 3. The Balaban J connectivity index is 1.79. The van der Waals surface area contributed by atoms with Crippen molar-refractivity contribution in [2.45, 2.75) is 25.8 Å². The van der Waals surface area contributed by atoms with Crippen molar-refractivity contribution in [1.82, 2.24) is 5.32 Å². The molecular weight excluding hydrogens is 276 g/mol. The number of phenolic OH excluding ortho intramolecular Hbond substituents is 1. The van der Waals surface area contributed by atoms with Crippen molar-refractivity contribution in [3.8, 4) is 11.5 Å². The lowest BCUT2D eigenvalue weighted by atomic mass is 10.1. The number of hydrogen-bond acceptors (Lipinski definition) is 4. The van der Waals surface area contributed by atoms with Crippen LogP contribution in [0.15, 0.2) is 42.5 Å².